The van der Waals surface area contributed by atoms with Crippen LogP contribution in [0, 0.1) is 0 Å². The number of ether oxygens (including phenoxy) is 2. The van der Waals surface area contributed by atoms with Crippen molar-refractivity contribution in [2.24, 2.45) is 0 Å². The monoisotopic (exact) mass is 391 g/mol. The topological polar surface area (TPSA) is 64.6 Å². The molecule has 2 aromatic rings. The van der Waals surface area contributed by atoms with Crippen LogP contribution in [-0.2, 0) is 9.53 Å². The molecule has 2 aromatic carbocycles. The molecular formula is C18H18BrNO4. The summed E-state index contributed by atoms with van der Waals surface area (Å²) in [5.74, 6) is 0.0419. The molecule has 1 amide bonds. The molecule has 0 spiro atoms. The van der Waals surface area contributed by atoms with Gasteiger partial charge in [-0.05, 0) is 35.9 Å². The van der Waals surface area contributed by atoms with Crippen LogP contribution in [0.5, 0.6) is 5.75 Å². The molecule has 5 nitrogen and oxygen atoms in total. The first-order valence-corrected chi connectivity index (χ1v) is 8.10. The van der Waals surface area contributed by atoms with Gasteiger partial charge in [-0.25, -0.2) is 0 Å². The fourth-order valence-corrected chi connectivity index (χ4v) is 2.61. The van der Waals surface area contributed by atoms with Gasteiger partial charge in [-0.1, -0.05) is 34.1 Å². The van der Waals surface area contributed by atoms with Crippen LogP contribution < -0.4 is 10.1 Å². The lowest BCUT2D eigenvalue weighted by molar-refractivity contribution is -0.141. The minimum absolute atomic E-state index is 0.0442. The highest BCUT2D eigenvalue weighted by atomic mass is 79.9. The Hall–Kier alpha value is -2.34. The SMILES string of the molecule is COC(=O)CC(NC(=O)c1cccc(Br)c1)c1ccc(OC)cc1. The Labute approximate surface area is 149 Å². The number of nitrogens with one attached hydrogen (secondary N) is 1. The lowest BCUT2D eigenvalue weighted by Crippen LogP contribution is -2.30. The van der Waals surface area contributed by atoms with Crippen LogP contribution in [0.25, 0.3) is 0 Å². The number of rotatable bonds is 6. The van der Waals surface area contributed by atoms with E-state index < -0.39 is 12.0 Å². The highest BCUT2D eigenvalue weighted by Gasteiger charge is 2.20. The molecule has 0 aliphatic heterocycles. The summed E-state index contributed by atoms with van der Waals surface area (Å²) in [5.41, 5.74) is 1.30. The summed E-state index contributed by atoms with van der Waals surface area (Å²) in [4.78, 5) is 24.1. The lowest BCUT2D eigenvalue weighted by atomic mass is 10.0. The first-order valence-electron chi connectivity index (χ1n) is 7.30. The van der Waals surface area contributed by atoms with Gasteiger partial charge in [-0.2, -0.15) is 0 Å². The van der Waals surface area contributed by atoms with Crippen LogP contribution in [0.1, 0.15) is 28.4 Å². The summed E-state index contributed by atoms with van der Waals surface area (Å²) in [5, 5.41) is 2.88. The average molecular weight is 392 g/mol. The Bertz CT molecular complexity index is 715. The van der Waals surface area contributed by atoms with Crippen molar-refractivity contribution < 1.29 is 19.1 Å². The molecule has 0 saturated heterocycles. The van der Waals surface area contributed by atoms with Crippen molar-refractivity contribution in [3.63, 3.8) is 0 Å². The molecule has 1 atom stereocenters. The number of methoxy groups -OCH3 is 2. The molecule has 0 aliphatic carbocycles. The highest BCUT2D eigenvalue weighted by molar-refractivity contribution is 9.10. The molecule has 2 rings (SSSR count). The molecule has 0 radical (unpaired) electrons. The maximum absolute atomic E-state index is 12.5. The van der Waals surface area contributed by atoms with Gasteiger partial charge >= 0.3 is 5.97 Å². The maximum Gasteiger partial charge on any atom is 0.307 e. The molecule has 1 unspecified atom stereocenters. The van der Waals surface area contributed by atoms with E-state index in [1.165, 1.54) is 7.11 Å². The van der Waals surface area contributed by atoms with E-state index in [1.54, 1.807) is 37.4 Å². The number of amides is 1. The summed E-state index contributed by atoms with van der Waals surface area (Å²) in [6, 6.07) is 13.8. The van der Waals surface area contributed by atoms with Gasteiger partial charge in [0.25, 0.3) is 5.91 Å². The zero-order valence-electron chi connectivity index (χ0n) is 13.4. The third kappa shape index (κ3) is 4.83. The quantitative estimate of drug-likeness (QED) is 0.765. The standard InChI is InChI=1S/C18H18BrNO4/c1-23-15-8-6-12(7-9-15)16(11-17(21)24-2)20-18(22)13-4-3-5-14(19)10-13/h3-10,16H,11H2,1-2H3,(H,20,22). The second-order valence-corrected chi connectivity index (χ2v) is 6.01. The fraction of sp³-hybridized carbons (Fsp3) is 0.222. The van der Waals surface area contributed by atoms with E-state index in [4.69, 9.17) is 9.47 Å². The van der Waals surface area contributed by atoms with E-state index in [9.17, 15) is 9.59 Å². The number of carbonyl (C=O) groups excluding carboxylic acids is 2. The van der Waals surface area contributed by atoms with Crippen LogP contribution in [0.15, 0.2) is 53.0 Å². The van der Waals surface area contributed by atoms with E-state index in [2.05, 4.69) is 21.2 Å². The Balaban J connectivity index is 2.21. The Morgan fingerprint density at radius 3 is 2.42 bits per heavy atom. The number of carbonyl (C=O) groups is 2. The van der Waals surface area contributed by atoms with Gasteiger partial charge in [0.15, 0.2) is 0 Å². The van der Waals surface area contributed by atoms with Crippen molar-refractivity contribution in [3.05, 3.63) is 64.1 Å². The average Bonchev–Trinajstić information content (AvgIpc) is 2.61. The molecular weight excluding hydrogens is 374 g/mol. The molecule has 24 heavy (non-hydrogen) atoms. The van der Waals surface area contributed by atoms with E-state index in [0.29, 0.717) is 11.3 Å². The normalized spacial score (nSPS) is 11.5. The Morgan fingerprint density at radius 1 is 1.12 bits per heavy atom. The van der Waals surface area contributed by atoms with Crippen LogP contribution in [0.4, 0.5) is 0 Å². The first kappa shape index (κ1) is 18.0. The van der Waals surface area contributed by atoms with Gasteiger partial charge in [-0.3, -0.25) is 9.59 Å². The van der Waals surface area contributed by atoms with Crippen molar-refractivity contribution in [3.8, 4) is 5.75 Å². The van der Waals surface area contributed by atoms with Gasteiger partial charge < -0.3 is 14.8 Å². The fourth-order valence-electron chi connectivity index (χ4n) is 2.21. The van der Waals surface area contributed by atoms with Crippen LogP contribution in [0.2, 0.25) is 0 Å². The largest absolute Gasteiger partial charge is 0.497 e. The number of esters is 1. The molecule has 0 aromatic heterocycles. The van der Waals surface area contributed by atoms with Gasteiger partial charge in [-0.15, -0.1) is 0 Å². The number of benzene rings is 2. The van der Waals surface area contributed by atoms with E-state index in [1.807, 2.05) is 18.2 Å². The van der Waals surface area contributed by atoms with Crippen molar-refractivity contribution in [2.75, 3.05) is 14.2 Å². The van der Waals surface area contributed by atoms with E-state index in [-0.39, 0.29) is 12.3 Å². The molecule has 0 saturated carbocycles. The second-order valence-electron chi connectivity index (χ2n) is 5.09. The molecule has 126 valence electrons. The van der Waals surface area contributed by atoms with Gasteiger partial charge in [0, 0.05) is 10.0 Å². The second kappa shape index (κ2) is 8.49. The predicted octanol–water partition coefficient (Wildman–Crippen LogP) is 3.49. The predicted molar refractivity (Wildman–Crippen MR) is 94.0 cm³/mol. The lowest BCUT2D eigenvalue weighted by Gasteiger charge is -2.18. The minimum Gasteiger partial charge on any atom is -0.497 e. The maximum atomic E-state index is 12.5. The van der Waals surface area contributed by atoms with E-state index >= 15 is 0 Å². The van der Waals surface area contributed by atoms with Gasteiger partial charge in [0.2, 0.25) is 0 Å². The Morgan fingerprint density at radius 2 is 1.83 bits per heavy atom. The zero-order valence-corrected chi connectivity index (χ0v) is 15.0. The molecule has 0 fully saturated rings. The zero-order chi connectivity index (χ0) is 17.5. The van der Waals surface area contributed by atoms with Crippen LogP contribution >= 0.6 is 15.9 Å². The van der Waals surface area contributed by atoms with E-state index in [0.717, 1.165) is 10.0 Å². The summed E-state index contributed by atoms with van der Waals surface area (Å²) >= 11 is 3.34. The van der Waals surface area contributed by atoms with Crippen molar-refractivity contribution in [2.45, 2.75) is 12.5 Å². The summed E-state index contributed by atoms with van der Waals surface area (Å²) in [6.45, 7) is 0. The third-order valence-corrected chi connectivity index (χ3v) is 4.00. The summed E-state index contributed by atoms with van der Waals surface area (Å²) in [7, 11) is 2.90. The van der Waals surface area contributed by atoms with Gasteiger partial charge in [0.05, 0.1) is 26.7 Å². The van der Waals surface area contributed by atoms with Crippen molar-refractivity contribution in [1.82, 2.24) is 5.32 Å². The first-order chi connectivity index (χ1) is 11.5. The summed E-state index contributed by atoms with van der Waals surface area (Å²) in [6.07, 6.45) is 0.0442. The molecule has 1 N–H and O–H groups in total. The van der Waals surface area contributed by atoms with Crippen LogP contribution in [-0.4, -0.2) is 26.1 Å². The molecule has 0 aliphatic rings. The highest BCUT2D eigenvalue weighted by Crippen LogP contribution is 2.22. The molecule has 0 heterocycles. The smallest absolute Gasteiger partial charge is 0.307 e. The minimum atomic E-state index is -0.491. The number of hydrogen-bond acceptors (Lipinski definition) is 4. The third-order valence-electron chi connectivity index (χ3n) is 3.51. The summed E-state index contributed by atoms with van der Waals surface area (Å²) < 4.78 is 10.7. The number of hydrogen-bond donors (Lipinski definition) is 1. The molecule has 0 bridgehead atoms. The van der Waals surface area contributed by atoms with Crippen molar-refractivity contribution >= 4 is 27.8 Å². The van der Waals surface area contributed by atoms with Crippen molar-refractivity contribution in [1.29, 1.82) is 0 Å². The number of halogens is 1. The Kier molecular flexibility index (Phi) is 6.37. The van der Waals surface area contributed by atoms with Gasteiger partial charge in [0.1, 0.15) is 5.75 Å². The van der Waals surface area contributed by atoms with Crippen LogP contribution in [0.3, 0.4) is 0 Å². The molecule has 6 heteroatoms.